The molecule has 1 heterocycles. The number of β-amino-alcohol motifs (C(OH)–C–C–N with tert-alkyl or cyclic N) is 1. The van der Waals surface area contributed by atoms with Gasteiger partial charge >= 0.3 is 0 Å². The van der Waals surface area contributed by atoms with Gasteiger partial charge in [0.05, 0.1) is 13.1 Å². The third kappa shape index (κ3) is 1.54. The van der Waals surface area contributed by atoms with Gasteiger partial charge in [0, 0.05) is 0 Å². The van der Waals surface area contributed by atoms with Crippen LogP contribution in [0.5, 0.6) is 0 Å². The normalized spacial score (nSPS) is 29.5. The molecule has 2 atom stereocenters. The highest BCUT2D eigenvalue weighted by atomic mass is 16.3. The molecular weight excluding hydrogens is 164 g/mol. The van der Waals surface area contributed by atoms with Gasteiger partial charge in [0.1, 0.15) is 6.10 Å². The van der Waals surface area contributed by atoms with Crippen molar-refractivity contribution in [2.24, 2.45) is 5.73 Å². The van der Waals surface area contributed by atoms with Crippen molar-refractivity contribution in [3.63, 3.8) is 0 Å². The van der Waals surface area contributed by atoms with Crippen molar-refractivity contribution >= 4 is 11.8 Å². The molecule has 0 aromatic heterocycles. The maximum Gasteiger partial charge on any atom is 0.254 e. The molecule has 1 saturated heterocycles. The summed E-state index contributed by atoms with van der Waals surface area (Å²) in [7, 11) is 0. The fraction of sp³-hybridized carbons (Fsp3) is 0.667. The molecule has 0 spiro atoms. The van der Waals surface area contributed by atoms with E-state index in [0.717, 1.165) is 4.90 Å². The number of amides is 2. The average Bonchev–Trinajstić information content (AvgIpc) is 2.17. The number of rotatable bonds is 2. The predicted molar refractivity (Wildman–Crippen MR) is 37.8 cm³/mol. The number of nitrogens with two attached hydrogens (primary N) is 1. The van der Waals surface area contributed by atoms with E-state index in [-0.39, 0.29) is 13.1 Å². The quantitative estimate of drug-likeness (QED) is 0.416. The Morgan fingerprint density at radius 2 is 2.25 bits per heavy atom. The standard InChI is InChI=1S/C6H10N2O4/c7-4(10)2-8-1-3(9)5(11)6(8)12/h3,5,9,11H,1-2H2,(H2,7,10)/t3-,5+/m0/s1. The largest absolute Gasteiger partial charge is 0.388 e. The van der Waals surface area contributed by atoms with Gasteiger partial charge in [-0.2, -0.15) is 0 Å². The molecule has 6 nitrogen and oxygen atoms in total. The molecule has 6 heteroatoms. The Morgan fingerprint density at radius 1 is 1.67 bits per heavy atom. The molecule has 1 fully saturated rings. The van der Waals surface area contributed by atoms with E-state index in [2.05, 4.69) is 0 Å². The van der Waals surface area contributed by atoms with Gasteiger partial charge < -0.3 is 20.8 Å². The van der Waals surface area contributed by atoms with Gasteiger partial charge in [0.15, 0.2) is 6.10 Å². The van der Waals surface area contributed by atoms with Crippen molar-refractivity contribution in [2.45, 2.75) is 12.2 Å². The van der Waals surface area contributed by atoms with Gasteiger partial charge in [-0.1, -0.05) is 0 Å². The lowest BCUT2D eigenvalue weighted by Crippen LogP contribution is -2.36. The van der Waals surface area contributed by atoms with Crippen molar-refractivity contribution in [2.75, 3.05) is 13.1 Å². The highest BCUT2D eigenvalue weighted by Crippen LogP contribution is 2.10. The first kappa shape index (κ1) is 8.95. The third-order valence-electron chi connectivity index (χ3n) is 1.68. The Kier molecular flexibility index (Phi) is 2.30. The van der Waals surface area contributed by atoms with Crippen LogP contribution in [-0.4, -0.2) is 52.2 Å². The maximum atomic E-state index is 11.0. The minimum Gasteiger partial charge on any atom is -0.388 e. The summed E-state index contributed by atoms with van der Waals surface area (Å²) in [5.41, 5.74) is 4.83. The minimum atomic E-state index is -1.41. The highest BCUT2D eigenvalue weighted by Gasteiger charge is 2.38. The van der Waals surface area contributed by atoms with Crippen LogP contribution in [-0.2, 0) is 9.59 Å². The first-order chi connectivity index (χ1) is 5.52. The lowest BCUT2D eigenvalue weighted by Gasteiger charge is -2.11. The predicted octanol–water partition coefficient (Wildman–Crippen LogP) is -2.96. The second kappa shape index (κ2) is 3.08. The first-order valence-corrected chi connectivity index (χ1v) is 3.45. The van der Waals surface area contributed by atoms with Crippen LogP contribution in [0, 0.1) is 0 Å². The molecule has 0 bridgehead atoms. The zero-order valence-electron chi connectivity index (χ0n) is 6.30. The molecule has 0 unspecified atom stereocenters. The molecular formula is C6H10N2O4. The monoisotopic (exact) mass is 174 g/mol. The van der Waals surface area contributed by atoms with Crippen LogP contribution in [0.25, 0.3) is 0 Å². The fourth-order valence-corrected chi connectivity index (χ4v) is 1.10. The molecule has 2 amide bonds. The van der Waals surface area contributed by atoms with Crippen molar-refractivity contribution in [1.29, 1.82) is 0 Å². The molecule has 1 aliphatic rings. The molecule has 0 saturated carbocycles. The van der Waals surface area contributed by atoms with Crippen LogP contribution < -0.4 is 5.73 Å². The minimum absolute atomic E-state index is 0.0388. The Hall–Kier alpha value is -1.14. The molecule has 1 aliphatic heterocycles. The van der Waals surface area contributed by atoms with Crippen LogP contribution >= 0.6 is 0 Å². The van der Waals surface area contributed by atoms with Crippen molar-refractivity contribution in [1.82, 2.24) is 4.90 Å². The van der Waals surface area contributed by atoms with Crippen LogP contribution in [0.2, 0.25) is 0 Å². The Balaban J connectivity index is 2.59. The second-order valence-electron chi connectivity index (χ2n) is 2.70. The Labute approximate surface area is 68.6 Å². The lowest BCUT2D eigenvalue weighted by molar-refractivity contribution is -0.138. The summed E-state index contributed by atoms with van der Waals surface area (Å²) in [6, 6.07) is 0. The van der Waals surface area contributed by atoms with Gasteiger partial charge in [-0.3, -0.25) is 9.59 Å². The van der Waals surface area contributed by atoms with Crippen LogP contribution in [0.15, 0.2) is 0 Å². The molecule has 1 rings (SSSR count). The molecule has 0 aromatic carbocycles. The summed E-state index contributed by atoms with van der Waals surface area (Å²) in [5, 5.41) is 17.9. The van der Waals surface area contributed by atoms with Gasteiger partial charge in [-0.05, 0) is 0 Å². The summed E-state index contributed by atoms with van der Waals surface area (Å²) < 4.78 is 0. The number of carbonyl (C=O) groups is 2. The van der Waals surface area contributed by atoms with E-state index < -0.39 is 24.0 Å². The van der Waals surface area contributed by atoms with E-state index in [0.29, 0.717) is 0 Å². The molecule has 68 valence electrons. The molecule has 12 heavy (non-hydrogen) atoms. The van der Waals surface area contributed by atoms with E-state index in [1.807, 2.05) is 0 Å². The van der Waals surface area contributed by atoms with E-state index in [4.69, 9.17) is 15.9 Å². The molecule has 4 N–H and O–H groups in total. The summed E-state index contributed by atoms with van der Waals surface area (Å²) in [6.45, 7) is -0.296. The third-order valence-corrected chi connectivity index (χ3v) is 1.68. The number of hydrogen-bond donors (Lipinski definition) is 3. The number of primary amides is 1. The van der Waals surface area contributed by atoms with Gasteiger partial charge in [0.25, 0.3) is 5.91 Å². The van der Waals surface area contributed by atoms with Gasteiger partial charge in [0.2, 0.25) is 5.91 Å². The number of aliphatic hydroxyl groups is 2. The van der Waals surface area contributed by atoms with E-state index in [9.17, 15) is 9.59 Å². The first-order valence-electron chi connectivity index (χ1n) is 3.45. The second-order valence-corrected chi connectivity index (χ2v) is 2.70. The number of hydrogen-bond acceptors (Lipinski definition) is 4. The van der Waals surface area contributed by atoms with E-state index >= 15 is 0 Å². The Morgan fingerprint density at radius 3 is 2.58 bits per heavy atom. The topological polar surface area (TPSA) is 104 Å². The fourth-order valence-electron chi connectivity index (χ4n) is 1.10. The zero-order chi connectivity index (χ0) is 9.30. The zero-order valence-corrected chi connectivity index (χ0v) is 6.30. The average molecular weight is 174 g/mol. The highest BCUT2D eigenvalue weighted by molar-refractivity contribution is 5.88. The maximum absolute atomic E-state index is 11.0. The molecule has 0 aromatic rings. The number of nitrogens with zero attached hydrogens (tertiary/aromatic N) is 1. The summed E-state index contributed by atoms with van der Waals surface area (Å²) in [5.74, 6) is -1.31. The van der Waals surface area contributed by atoms with E-state index in [1.165, 1.54) is 0 Å². The number of aliphatic hydroxyl groups excluding tert-OH is 2. The van der Waals surface area contributed by atoms with Crippen LogP contribution in [0.4, 0.5) is 0 Å². The SMILES string of the molecule is NC(=O)CN1C[C@H](O)[C@@H](O)C1=O. The smallest absolute Gasteiger partial charge is 0.254 e. The van der Waals surface area contributed by atoms with Crippen molar-refractivity contribution in [3.05, 3.63) is 0 Å². The summed E-state index contributed by atoms with van der Waals surface area (Å²) in [6.07, 6.45) is -2.53. The summed E-state index contributed by atoms with van der Waals surface area (Å²) in [4.78, 5) is 22.4. The molecule has 0 radical (unpaired) electrons. The van der Waals surface area contributed by atoms with Gasteiger partial charge in [-0.15, -0.1) is 0 Å². The number of likely N-dealkylation sites (tertiary alicyclic amines) is 1. The van der Waals surface area contributed by atoms with Crippen molar-refractivity contribution < 1.29 is 19.8 Å². The van der Waals surface area contributed by atoms with E-state index in [1.54, 1.807) is 0 Å². The van der Waals surface area contributed by atoms with Crippen molar-refractivity contribution in [3.8, 4) is 0 Å². The molecule has 0 aliphatic carbocycles. The van der Waals surface area contributed by atoms with Crippen LogP contribution in [0.1, 0.15) is 0 Å². The Bertz CT molecular complexity index is 218. The lowest BCUT2D eigenvalue weighted by atomic mass is 10.3. The summed E-state index contributed by atoms with van der Waals surface area (Å²) >= 11 is 0. The van der Waals surface area contributed by atoms with Gasteiger partial charge in [-0.25, -0.2) is 0 Å². The van der Waals surface area contributed by atoms with Crippen LogP contribution in [0.3, 0.4) is 0 Å². The number of carbonyl (C=O) groups excluding carboxylic acids is 2.